The van der Waals surface area contributed by atoms with E-state index in [-0.39, 0.29) is 42.0 Å². The number of aliphatic hydroxyl groups excluding tert-OH is 1. The second-order valence-corrected chi connectivity index (χ2v) is 14.6. The number of likely N-dealkylation sites (tertiary alicyclic amines) is 1. The van der Waals surface area contributed by atoms with Gasteiger partial charge >= 0.3 is 12.1 Å². The molecule has 0 spiro atoms. The SMILES string of the molecule is CCC(CC)C(NC(C)=O)C1CCC(C(=O)OCC2CC(OC(C)(C)O)C(c3c[nH]c4c(Cl)ncnc34)N2C(=O)OC(C)(C)C)C1O. The van der Waals surface area contributed by atoms with Crippen LogP contribution in [0.5, 0.6) is 0 Å². The van der Waals surface area contributed by atoms with Gasteiger partial charge in [-0.25, -0.2) is 14.8 Å². The molecule has 1 saturated carbocycles. The predicted molar refractivity (Wildman–Crippen MR) is 174 cm³/mol. The van der Waals surface area contributed by atoms with Crippen LogP contribution < -0.4 is 5.32 Å². The molecule has 1 saturated heterocycles. The van der Waals surface area contributed by atoms with E-state index in [4.69, 9.17) is 25.8 Å². The van der Waals surface area contributed by atoms with Crippen LogP contribution in [0, 0.1) is 17.8 Å². The van der Waals surface area contributed by atoms with Gasteiger partial charge in [-0.2, -0.15) is 0 Å². The van der Waals surface area contributed by atoms with Crippen molar-refractivity contribution in [2.45, 2.75) is 129 Å². The Morgan fingerprint density at radius 1 is 1.15 bits per heavy atom. The van der Waals surface area contributed by atoms with Gasteiger partial charge in [0.1, 0.15) is 24.1 Å². The summed E-state index contributed by atoms with van der Waals surface area (Å²) >= 11 is 6.32. The number of amides is 2. The van der Waals surface area contributed by atoms with Crippen LogP contribution in [0.4, 0.5) is 4.79 Å². The normalized spacial score (nSPS) is 25.7. The number of aliphatic hydroxyl groups is 2. The Bertz CT molecular complexity index is 1420. The third-order valence-corrected chi connectivity index (χ3v) is 9.42. The molecule has 13 nitrogen and oxygen atoms in total. The van der Waals surface area contributed by atoms with E-state index in [1.54, 1.807) is 27.0 Å². The Morgan fingerprint density at radius 3 is 2.43 bits per heavy atom. The first-order valence-corrected chi connectivity index (χ1v) is 16.8. The molecular weight excluding hydrogens is 630 g/mol. The number of aromatic amines is 1. The maximum atomic E-state index is 13.9. The van der Waals surface area contributed by atoms with Gasteiger partial charge < -0.3 is 34.7 Å². The van der Waals surface area contributed by atoms with Gasteiger partial charge in [-0.15, -0.1) is 0 Å². The van der Waals surface area contributed by atoms with Crippen LogP contribution in [0.1, 0.15) is 99.1 Å². The van der Waals surface area contributed by atoms with E-state index in [0.717, 1.165) is 12.8 Å². The van der Waals surface area contributed by atoms with Crippen LogP contribution >= 0.6 is 11.6 Å². The van der Waals surface area contributed by atoms with Gasteiger partial charge in [-0.3, -0.25) is 14.5 Å². The molecule has 0 radical (unpaired) electrons. The second-order valence-electron chi connectivity index (χ2n) is 14.2. The quantitative estimate of drug-likeness (QED) is 0.149. The molecule has 1 aliphatic heterocycles. The zero-order valence-corrected chi connectivity index (χ0v) is 29.3. The molecule has 47 heavy (non-hydrogen) atoms. The van der Waals surface area contributed by atoms with Gasteiger partial charge in [0.15, 0.2) is 10.9 Å². The molecule has 4 rings (SSSR count). The van der Waals surface area contributed by atoms with Crippen LogP contribution in [0.2, 0.25) is 5.15 Å². The van der Waals surface area contributed by atoms with Crippen molar-refractivity contribution < 1.29 is 38.8 Å². The molecule has 7 atom stereocenters. The minimum Gasteiger partial charge on any atom is -0.463 e. The van der Waals surface area contributed by atoms with Crippen molar-refractivity contribution in [1.82, 2.24) is 25.2 Å². The predicted octanol–water partition coefficient (Wildman–Crippen LogP) is 4.65. The standard InChI is InChI=1S/C33H50ClN5O8/c1-9-18(10-2)24(38-17(3)40)20-11-12-21(28(20)41)30(42)45-15-19-13-23(46-33(7,8)44)27(39(19)31(43)47-32(4,5)6)22-14-35-26-25(22)36-16-37-29(26)34/h14,16,18-21,23-24,27-28,35,41,44H,9-13,15H2,1-8H3,(H,38,40). The third kappa shape index (κ3) is 8.54. The van der Waals surface area contributed by atoms with Crippen LogP contribution in [-0.2, 0) is 23.8 Å². The zero-order valence-electron chi connectivity index (χ0n) is 28.6. The fourth-order valence-electron chi connectivity index (χ4n) is 7.18. The number of hydrogen-bond acceptors (Lipinski definition) is 10. The Labute approximate surface area is 281 Å². The van der Waals surface area contributed by atoms with E-state index in [1.165, 1.54) is 32.0 Å². The summed E-state index contributed by atoms with van der Waals surface area (Å²) in [5.41, 5.74) is 0.668. The summed E-state index contributed by atoms with van der Waals surface area (Å²) in [6.45, 7) is 13.6. The third-order valence-electron chi connectivity index (χ3n) is 9.13. The summed E-state index contributed by atoms with van der Waals surface area (Å²) in [6, 6.07) is -1.78. The van der Waals surface area contributed by atoms with Crippen molar-refractivity contribution in [2.75, 3.05) is 6.61 Å². The van der Waals surface area contributed by atoms with Crippen molar-refractivity contribution in [1.29, 1.82) is 0 Å². The number of nitrogens with one attached hydrogen (secondary N) is 2. The number of H-pyrrole nitrogens is 1. The van der Waals surface area contributed by atoms with Gasteiger partial charge in [0.05, 0.1) is 35.7 Å². The Balaban J connectivity index is 1.61. The maximum Gasteiger partial charge on any atom is 0.411 e. The first kappa shape index (κ1) is 36.8. The monoisotopic (exact) mass is 679 g/mol. The lowest BCUT2D eigenvalue weighted by atomic mass is 9.82. The van der Waals surface area contributed by atoms with Crippen LogP contribution in [0.3, 0.4) is 0 Å². The van der Waals surface area contributed by atoms with Gasteiger partial charge in [0.2, 0.25) is 5.91 Å². The molecule has 2 aromatic rings. The number of aromatic nitrogens is 3. The van der Waals surface area contributed by atoms with Gasteiger partial charge in [-0.05, 0) is 59.8 Å². The van der Waals surface area contributed by atoms with Crippen molar-refractivity contribution >= 4 is 40.6 Å². The Morgan fingerprint density at radius 2 is 1.83 bits per heavy atom. The van der Waals surface area contributed by atoms with E-state index >= 15 is 0 Å². The van der Waals surface area contributed by atoms with E-state index in [1.807, 2.05) is 13.8 Å². The highest BCUT2D eigenvalue weighted by Gasteiger charge is 2.51. The Kier molecular flexibility index (Phi) is 11.5. The van der Waals surface area contributed by atoms with Crippen molar-refractivity contribution in [3.05, 3.63) is 23.2 Å². The number of rotatable bonds is 11. The van der Waals surface area contributed by atoms with Crippen LogP contribution in [0.25, 0.3) is 11.0 Å². The summed E-state index contributed by atoms with van der Waals surface area (Å²) in [7, 11) is 0. The summed E-state index contributed by atoms with van der Waals surface area (Å²) in [5.74, 6) is -3.24. The lowest BCUT2D eigenvalue weighted by molar-refractivity contribution is -0.209. The number of halogens is 1. The molecule has 4 N–H and O–H groups in total. The van der Waals surface area contributed by atoms with Crippen molar-refractivity contribution in [3.8, 4) is 0 Å². The van der Waals surface area contributed by atoms with E-state index in [9.17, 15) is 24.6 Å². The first-order valence-electron chi connectivity index (χ1n) is 16.5. The summed E-state index contributed by atoms with van der Waals surface area (Å²) < 4.78 is 17.8. The van der Waals surface area contributed by atoms with Crippen LogP contribution in [-0.4, -0.2) is 90.3 Å². The number of hydrogen-bond donors (Lipinski definition) is 4. The molecular formula is C33H50ClN5O8. The fourth-order valence-corrected chi connectivity index (χ4v) is 7.37. The highest BCUT2D eigenvalue weighted by atomic mass is 35.5. The van der Waals surface area contributed by atoms with E-state index < -0.39 is 53.7 Å². The number of carbonyl (C=O) groups is 3. The molecule has 7 unspecified atom stereocenters. The molecule has 2 aromatic heterocycles. The summed E-state index contributed by atoms with van der Waals surface area (Å²) in [5, 5.41) is 25.3. The summed E-state index contributed by atoms with van der Waals surface area (Å²) in [6.07, 6.45) is 3.39. The molecule has 0 aromatic carbocycles. The second kappa shape index (κ2) is 14.6. The van der Waals surface area contributed by atoms with Gasteiger partial charge in [0.25, 0.3) is 0 Å². The lowest BCUT2D eigenvalue weighted by Gasteiger charge is -2.34. The van der Waals surface area contributed by atoms with E-state index in [0.29, 0.717) is 29.4 Å². The topological polar surface area (TPSA) is 176 Å². The lowest BCUT2D eigenvalue weighted by Crippen LogP contribution is -2.48. The molecule has 2 fully saturated rings. The summed E-state index contributed by atoms with van der Waals surface area (Å²) in [4.78, 5) is 52.4. The zero-order chi connectivity index (χ0) is 34.8. The highest BCUT2D eigenvalue weighted by molar-refractivity contribution is 6.33. The molecule has 262 valence electrons. The Hall–Kier alpha value is -3.00. The molecule has 14 heteroatoms. The molecule has 2 aliphatic rings. The maximum absolute atomic E-state index is 13.9. The van der Waals surface area contributed by atoms with Crippen molar-refractivity contribution in [3.63, 3.8) is 0 Å². The fraction of sp³-hybridized carbons (Fsp3) is 0.727. The molecule has 1 aliphatic carbocycles. The average molecular weight is 680 g/mol. The largest absolute Gasteiger partial charge is 0.463 e. The smallest absolute Gasteiger partial charge is 0.411 e. The van der Waals surface area contributed by atoms with Gasteiger partial charge in [0, 0.05) is 30.6 Å². The number of nitrogens with zero attached hydrogens (tertiary/aromatic N) is 3. The highest BCUT2D eigenvalue weighted by Crippen LogP contribution is 2.44. The first-order chi connectivity index (χ1) is 22.0. The number of carbonyl (C=O) groups excluding carboxylic acids is 3. The molecule has 0 bridgehead atoms. The molecule has 3 heterocycles. The number of fused-ring (bicyclic) bond motifs is 1. The number of esters is 1. The average Bonchev–Trinajstić information content (AvgIpc) is 3.65. The number of ether oxygens (including phenoxy) is 3. The minimum atomic E-state index is -1.56. The molecule has 2 amide bonds. The van der Waals surface area contributed by atoms with Crippen molar-refractivity contribution in [2.24, 2.45) is 17.8 Å². The van der Waals surface area contributed by atoms with E-state index in [2.05, 4.69) is 20.3 Å². The van der Waals surface area contributed by atoms with Gasteiger partial charge in [-0.1, -0.05) is 38.3 Å². The van der Waals surface area contributed by atoms with Crippen LogP contribution in [0.15, 0.2) is 12.5 Å². The minimum absolute atomic E-state index is 0.156.